The predicted octanol–water partition coefficient (Wildman–Crippen LogP) is 3.91. The molecule has 0 atom stereocenters. The topological polar surface area (TPSA) is 93.5 Å². The molecule has 7 nitrogen and oxygen atoms in total. The van der Waals surface area contributed by atoms with Crippen LogP contribution in [0.25, 0.3) is 0 Å². The maximum absolute atomic E-state index is 12.9. The summed E-state index contributed by atoms with van der Waals surface area (Å²) in [5, 5.41) is 5.19. The van der Waals surface area contributed by atoms with Crippen molar-refractivity contribution in [3.8, 4) is 0 Å². The summed E-state index contributed by atoms with van der Waals surface area (Å²) in [4.78, 5) is 28.1. The van der Waals surface area contributed by atoms with E-state index in [1.165, 1.54) is 36.7 Å². The van der Waals surface area contributed by atoms with Crippen LogP contribution >= 0.6 is 0 Å². The van der Waals surface area contributed by atoms with Crippen LogP contribution in [-0.4, -0.2) is 23.5 Å². The molecule has 30 heavy (non-hydrogen) atoms. The Morgan fingerprint density at radius 3 is 2.67 bits per heavy atom. The zero-order valence-electron chi connectivity index (χ0n) is 15.4. The Morgan fingerprint density at radius 1 is 1.10 bits per heavy atom. The number of amides is 1. The van der Waals surface area contributed by atoms with Crippen molar-refractivity contribution in [2.75, 3.05) is 11.9 Å². The highest BCUT2D eigenvalue weighted by Crippen LogP contribution is 2.31. The van der Waals surface area contributed by atoms with E-state index < -0.39 is 30.2 Å². The van der Waals surface area contributed by atoms with Crippen LogP contribution in [0.3, 0.4) is 0 Å². The number of aromatic nitrogens is 1. The molecule has 0 saturated heterocycles. The van der Waals surface area contributed by atoms with E-state index in [2.05, 4.69) is 15.6 Å². The minimum atomic E-state index is -4.51. The first kappa shape index (κ1) is 20.9. The molecule has 2 heterocycles. The molecule has 2 aromatic heterocycles. The largest absolute Gasteiger partial charge is 0.467 e. The second-order valence-corrected chi connectivity index (χ2v) is 6.04. The van der Waals surface area contributed by atoms with Crippen LogP contribution in [0.15, 0.2) is 65.4 Å². The third-order valence-corrected chi connectivity index (χ3v) is 3.85. The minimum absolute atomic E-state index is 0.00202. The lowest BCUT2D eigenvalue weighted by Crippen LogP contribution is -2.28. The van der Waals surface area contributed by atoms with E-state index in [0.29, 0.717) is 5.76 Å². The van der Waals surface area contributed by atoms with Crippen LogP contribution in [0.2, 0.25) is 0 Å². The van der Waals surface area contributed by atoms with Crippen molar-refractivity contribution in [2.24, 2.45) is 0 Å². The molecule has 0 radical (unpaired) electrons. The van der Waals surface area contributed by atoms with Gasteiger partial charge in [0, 0.05) is 11.9 Å². The molecular weight excluding hydrogens is 403 g/mol. The minimum Gasteiger partial charge on any atom is -0.467 e. The molecule has 0 unspecified atom stereocenters. The molecule has 0 spiro atoms. The molecule has 0 aliphatic rings. The van der Waals surface area contributed by atoms with E-state index >= 15 is 0 Å². The van der Waals surface area contributed by atoms with E-state index in [0.717, 1.165) is 12.1 Å². The van der Waals surface area contributed by atoms with Gasteiger partial charge in [-0.15, -0.1) is 0 Å². The maximum Gasteiger partial charge on any atom is 0.416 e. The van der Waals surface area contributed by atoms with E-state index in [9.17, 15) is 22.8 Å². The summed E-state index contributed by atoms with van der Waals surface area (Å²) in [6.45, 7) is -0.407. The Kier molecular flexibility index (Phi) is 6.35. The third kappa shape index (κ3) is 5.60. The van der Waals surface area contributed by atoms with Crippen molar-refractivity contribution in [3.63, 3.8) is 0 Å². The van der Waals surface area contributed by atoms with E-state index in [-0.39, 0.29) is 23.6 Å². The monoisotopic (exact) mass is 419 g/mol. The van der Waals surface area contributed by atoms with Gasteiger partial charge in [-0.1, -0.05) is 6.07 Å². The average molecular weight is 419 g/mol. The van der Waals surface area contributed by atoms with Crippen molar-refractivity contribution < 1.29 is 31.9 Å². The summed E-state index contributed by atoms with van der Waals surface area (Å²) in [6.07, 6.45) is -1.68. The first-order chi connectivity index (χ1) is 14.3. The molecule has 156 valence electrons. The maximum atomic E-state index is 12.9. The number of nitrogens with one attached hydrogen (secondary N) is 2. The summed E-state index contributed by atoms with van der Waals surface area (Å²) in [6, 6.07) is 10.6. The zero-order chi connectivity index (χ0) is 21.6. The van der Waals surface area contributed by atoms with E-state index in [1.54, 1.807) is 12.1 Å². The molecule has 1 aromatic carbocycles. The number of rotatable bonds is 7. The zero-order valence-corrected chi connectivity index (χ0v) is 15.4. The Morgan fingerprint density at radius 2 is 1.93 bits per heavy atom. The number of ether oxygens (including phenoxy) is 1. The lowest BCUT2D eigenvalue weighted by molar-refractivity contribution is -0.137. The number of pyridine rings is 1. The molecule has 3 aromatic rings. The molecule has 2 N–H and O–H groups in total. The number of anilines is 2. The van der Waals surface area contributed by atoms with Gasteiger partial charge in [0.05, 0.1) is 18.4 Å². The lowest BCUT2D eigenvalue weighted by atomic mass is 10.2. The highest BCUT2D eigenvalue weighted by atomic mass is 19.4. The second-order valence-electron chi connectivity index (χ2n) is 6.04. The van der Waals surface area contributed by atoms with Crippen molar-refractivity contribution in [3.05, 3.63) is 77.9 Å². The van der Waals surface area contributed by atoms with Crippen LogP contribution in [0.1, 0.15) is 21.7 Å². The van der Waals surface area contributed by atoms with Crippen molar-refractivity contribution in [1.82, 2.24) is 10.3 Å². The van der Waals surface area contributed by atoms with Crippen molar-refractivity contribution in [1.29, 1.82) is 0 Å². The number of furan rings is 1. The van der Waals surface area contributed by atoms with Gasteiger partial charge < -0.3 is 19.8 Å². The molecule has 3 rings (SSSR count). The van der Waals surface area contributed by atoms with Crippen LogP contribution in [0, 0.1) is 0 Å². The number of halogens is 3. The van der Waals surface area contributed by atoms with Crippen LogP contribution in [0.4, 0.5) is 24.7 Å². The molecule has 0 aliphatic heterocycles. The predicted molar refractivity (Wildman–Crippen MR) is 99.8 cm³/mol. The standard InChI is InChI=1S/C20H16F3N3O4/c21-20(22,23)13-4-1-5-14(10-13)26-18-16(7-2-8-24-18)19(28)30-12-17(27)25-11-15-6-3-9-29-15/h1-10H,11-12H2,(H,24,26)(H,25,27). The van der Waals surface area contributed by atoms with Gasteiger partial charge in [0.1, 0.15) is 17.1 Å². The van der Waals surface area contributed by atoms with Gasteiger partial charge in [0.2, 0.25) is 0 Å². The number of carbonyl (C=O) groups excluding carboxylic acids is 2. The molecule has 10 heteroatoms. The number of carbonyl (C=O) groups is 2. The molecule has 0 saturated carbocycles. The number of hydrogen-bond acceptors (Lipinski definition) is 6. The summed E-state index contributed by atoms with van der Waals surface area (Å²) in [7, 11) is 0. The SMILES string of the molecule is O=C(COC(=O)c1cccnc1Nc1cccc(C(F)(F)F)c1)NCc1ccco1. The second kappa shape index (κ2) is 9.12. The first-order valence-electron chi connectivity index (χ1n) is 8.68. The van der Waals surface area contributed by atoms with Gasteiger partial charge in [0.25, 0.3) is 5.91 Å². The number of esters is 1. The quantitative estimate of drug-likeness (QED) is 0.564. The summed E-state index contributed by atoms with van der Waals surface area (Å²) >= 11 is 0. The van der Waals surface area contributed by atoms with Crippen LogP contribution in [0.5, 0.6) is 0 Å². The molecule has 1 amide bonds. The van der Waals surface area contributed by atoms with Gasteiger partial charge in [0.15, 0.2) is 6.61 Å². The lowest BCUT2D eigenvalue weighted by Gasteiger charge is -2.12. The van der Waals surface area contributed by atoms with Crippen LogP contribution in [-0.2, 0) is 22.3 Å². The fraction of sp³-hybridized carbons (Fsp3) is 0.150. The normalized spacial score (nSPS) is 11.0. The van der Waals surface area contributed by atoms with E-state index in [1.807, 2.05) is 0 Å². The van der Waals surface area contributed by atoms with E-state index in [4.69, 9.17) is 9.15 Å². The summed E-state index contributed by atoms with van der Waals surface area (Å²) in [5.74, 6) is -0.867. The Bertz CT molecular complexity index is 1020. The molecule has 0 fully saturated rings. The third-order valence-electron chi connectivity index (χ3n) is 3.85. The van der Waals surface area contributed by atoms with Crippen LogP contribution < -0.4 is 10.6 Å². The number of alkyl halides is 3. The van der Waals surface area contributed by atoms with Gasteiger partial charge in [-0.25, -0.2) is 9.78 Å². The number of benzene rings is 1. The fourth-order valence-corrected chi connectivity index (χ4v) is 2.44. The smallest absolute Gasteiger partial charge is 0.416 e. The fourth-order valence-electron chi connectivity index (χ4n) is 2.44. The number of hydrogen-bond donors (Lipinski definition) is 2. The Balaban J connectivity index is 1.63. The van der Waals surface area contributed by atoms with Gasteiger partial charge in [-0.05, 0) is 42.5 Å². The molecule has 0 bridgehead atoms. The number of nitrogens with zero attached hydrogens (tertiary/aromatic N) is 1. The highest BCUT2D eigenvalue weighted by molar-refractivity contribution is 5.96. The summed E-state index contributed by atoms with van der Waals surface area (Å²) < 4.78 is 48.7. The Labute approximate surface area is 168 Å². The highest BCUT2D eigenvalue weighted by Gasteiger charge is 2.30. The summed E-state index contributed by atoms with van der Waals surface area (Å²) in [5.41, 5.74) is -0.789. The molecular formula is C20H16F3N3O4. The molecule has 0 aliphatic carbocycles. The average Bonchev–Trinajstić information content (AvgIpc) is 3.24. The van der Waals surface area contributed by atoms with Crippen molar-refractivity contribution >= 4 is 23.4 Å². The first-order valence-corrected chi connectivity index (χ1v) is 8.68. The Hall–Kier alpha value is -3.82. The van der Waals surface area contributed by atoms with Gasteiger partial charge >= 0.3 is 12.1 Å². The van der Waals surface area contributed by atoms with Gasteiger partial charge in [-0.3, -0.25) is 4.79 Å². The van der Waals surface area contributed by atoms with Gasteiger partial charge in [-0.2, -0.15) is 13.2 Å². The van der Waals surface area contributed by atoms with Crippen molar-refractivity contribution in [2.45, 2.75) is 12.7 Å².